The third-order valence-corrected chi connectivity index (χ3v) is 4.73. The highest BCUT2D eigenvalue weighted by Gasteiger charge is 2.35. The summed E-state index contributed by atoms with van der Waals surface area (Å²) in [5, 5.41) is 22.1. The summed E-state index contributed by atoms with van der Waals surface area (Å²) in [6, 6.07) is 6.56. The molecule has 0 amide bonds. The van der Waals surface area contributed by atoms with Crippen LogP contribution in [0.25, 0.3) is 22.4 Å². The van der Waals surface area contributed by atoms with Crippen LogP contribution in [0, 0.1) is 6.92 Å². The number of fused-ring (bicyclic) bond motifs is 1. The molecule has 1 fully saturated rings. The van der Waals surface area contributed by atoms with Crippen molar-refractivity contribution in [2.75, 3.05) is 18.0 Å². The number of rotatable bonds is 3. The van der Waals surface area contributed by atoms with Gasteiger partial charge < -0.3 is 19.7 Å². The van der Waals surface area contributed by atoms with E-state index in [4.69, 9.17) is 4.42 Å². The normalized spacial score (nSPS) is 20.2. The van der Waals surface area contributed by atoms with Crippen LogP contribution in [-0.4, -0.2) is 51.1 Å². The Hall–Kier alpha value is -2.74. The summed E-state index contributed by atoms with van der Waals surface area (Å²) >= 11 is 0. The van der Waals surface area contributed by atoms with Crippen LogP contribution in [0.4, 0.5) is 10.2 Å². The molecular formula is C20H24FN5O2. The first kappa shape index (κ1) is 18.6. The highest BCUT2D eigenvalue weighted by Crippen LogP contribution is 2.33. The van der Waals surface area contributed by atoms with Crippen LogP contribution in [0.2, 0.25) is 0 Å². The summed E-state index contributed by atoms with van der Waals surface area (Å²) in [6.07, 6.45) is -0.971. The molecule has 0 bridgehead atoms. The van der Waals surface area contributed by atoms with Gasteiger partial charge in [0.05, 0.1) is 18.3 Å². The van der Waals surface area contributed by atoms with E-state index in [9.17, 15) is 9.50 Å². The molecule has 148 valence electrons. The Bertz CT molecular complexity index is 996. The highest BCUT2D eigenvalue weighted by atomic mass is 19.1. The Morgan fingerprint density at radius 2 is 2.00 bits per heavy atom. The molecule has 1 saturated heterocycles. The summed E-state index contributed by atoms with van der Waals surface area (Å²) < 4.78 is 19.9. The summed E-state index contributed by atoms with van der Waals surface area (Å²) in [7, 11) is 0. The van der Waals surface area contributed by atoms with Gasteiger partial charge in [-0.2, -0.15) is 0 Å². The summed E-state index contributed by atoms with van der Waals surface area (Å²) in [6.45, 7) is 8.63. The van der Waals surface area contributed by atoms with Crippen molar-refractivity contribution in [1.29, 1.82) is 0 Å². The van der Waals surface area contributed by atoms with Gasteiger partial charge >= 0.3 is 0 Å². The fraction of sp³-hybridized carbons (Fsp3) is 0.450. The van der Waals surface area contributed by atoms with E-state index in [1.165, 1.54) is 0 Å². The summed E-state index contributed by atoms with van der Waals surface area (Å²) in [4.78, 5) is 6.09. The molecular weight excluding hydrogens is 361 g/mol. The number of hydrogen-bond acceptors (Lipinski definition) is 7. The van der Waals surface area contributed by atoms with E-state index in [1.807, 2.05) is 25.7 Å². The lowest BCUT2D eigenvalue weighted by Gasteiger charge is -2.26. The zero-order valence-electron chi connectivity index (χ0n) is 16.4. The van der Waals surface area contributed by atoms with Crippen molar-refractivity contribution in [3.05, 3.63) is 30.2 Å². The lowest BCUT2D eigenvalue weighted by atomic mass is 10.1. The summed E-state index contributed by atoms with van der Waals surface area (Å²) in [5.41, 5.74) is 2.03. The molecule has 2 N–H and O–H groups in total. The molecule has 3 aromatic rings. The second-order valence-corrected chi connectivity index (χ2v) is 8.27. The Morgan fingerprint density at radius 3 is 2.68 bits per heavy atom. The van der Waals surface area contributed by atoms with Gasteiger partial charge in [-0.25, -0.2) is 9.37 Å². The lowest BCUT2D eigenvalue weighted by Crippen LogP contribution is -2.48. The average molecular weight is 385 g/mol. The van der Waals surface area contributed by atoms with Crippen molar-refractivity contribution in [1.82, 2.24) is 20.5 Å². The fourth-order valence-corrected chi connectivity index (χ4v) is 3.56. The third kappa shape index (κ3) is 3.64. The van der Waals surface area contributed by atoms with Gasteiger partial charge in [0.2, 0.25) is 0 Å². The Balaban J connectivity index is 1.55. The second kappa shape index (κ2) is 6.70. The molecule has 4 rings (SSSR count). The molecule has 8 heteroatoms. The van der Waals surface area contributed by atoms with Crippen LogP contribution in [0.5, 0.6) is 5.75 Å². The van der Waals surface area contributed by atoms with Gasteiger partial charge in [-0.3, -0.25) is 0 Å². The van der Waals surface area contributed by atoms with E-state index in [0.29, 0.717) is 40.6 Å². The average Bonchev–Trinajstić information content (AvgIpc) is 3.14. The molecule has 3 heterocycles. The minimum atomic E-state index is -0.971. The van der Waals surface area contributed by atoms with Gasteiger partial charge in [0.1, 0.15) is 17.4 Å². The first-order valence-corrected chi connectivity index (χ1v) is 9.30. The minimum absolute atomic E-state index is 0.0577. The van der Waals surface area contributed by atoms with E-state index in [1.54, 1.807) is 31.2 Å². The van der Waals surface area contributed by atoms with E-state index >= 15 is 0 Å². The third-order valence-electron chi connectivity index (χ3n) is 4.73. The number of oxazole rings is 1. The number of halogens is 1. The second-order valence-electron chi connectivity index (χ2n) is 8.27. The van der Waals surface area contributed by atoms with Gasteiger partial charge in [-0.1, -0.05) is 0 Å². The number of alkyl halides is 1. The van der Waals surface area contributed by atoms with E-state index in [2.05, 4.69) is 20.5 Å². The van der Waals surface area contributed by atoms with Crippen molar-refractivity contribution < 1.29 is 13.9 Å². The number of phenolic OH excluding ortho intramolecular Hbond substituents is 1. The molecule has 2 aromatic heterocycles. The van der Waals surface area contributed by atoms with Crippen LogP contribution in [0.1, 0.15) is 26.7 Å². The molecule has 0 aliphatic carbocycles. The van der Waals surface area contributed by atoms with Crippen LogP contribution >= 0.6 is 0 Å². The number of nitrogens with one attached hydrogen (secondary N) is 1. The maximum atomic E-state index is 14.4. The number of hydrogen-bond donors (Lipinski definition) is 2. The Morgan fingerprint density at radius 1 is 1.21 bits per heavy atom. The molecule has 2 atom stereocenters. The zero-order valence-corrected chi connectivity index (χ0v) is 16.4. The number of aromatic nitrogens is 3. The molecule has 0 saturated carbocycles. The first-order chi connectivity index (χ1) is 13.2. The van der Waals surface area contributed by atoms with E-state index < -0.39 is 6.17 Å². The van der Waals surface area contributed by atoms with Crippen LogP contribution < -0.4 is 10.2 Å². The number of aromatic hydroxyl groups is 1. The van der Waals surface area contributed by atoms with E-state index in [-0.39, 0.29) is 23.9 Å². The lowest BCUT2D eigenvalue weighted by molar-refractivity contribution is 0.257. The fourth-order valence-electron chi connectivity index (χ4n) is 3.56. The number of aryl methyl sites for hydroxylation is 1. The van der Waals surface area contributed by atoms with Gasteiger partial charge in [0.15, 0.2) is 17.3 Å². The van der Waals surface area contributed by atoms with Crippen LogP contribution in [-0.2, 0) is 0 Å². The van der Waals surface area contributed by atoms with Crippen molar-refractivity contribution >= 4 is 16.9 Å². The van der Waals surface area contributed by atoms with Crippen molar-refractivity contribution in [3.63, 3.8) is 0 Å². The smallest absolute Gasteiger partial charge is 0.192 e. The van der Waals surface area contributed by atoms with Gasteiger partial charge in [-0.15, -0.1) is 10.2 Å². The molecule has 1 aromatic carbocycles. The summed E-state index contributed by atoms with van der Waals surface area (Å²) in [5.74, 6) is 1.20. The topological polar surface area (TPSA) is 87.3 Å². The predicted molar refractivity (Wildman–Crippen MR) is 105 cm³/mol. The first-order valence-electron chi connectivity index (χ1n) is 9.30. The molecule has 0 radical (unpaired) electrons. The monoisotopic (exact) mass is 385 g/mol. The van der Waals surface area contributed by atoms with Crippen molar-refractivity contribution in [3.8, 4) is 17.0 Å². The Labute approximate surface area is 162 Å². The largest absolute Gasteiger partial charge is 0.507 e. The maximum Gasteiger partial charge on any atom is 0.192 e. The van der Waals surface area contributed by atoms with Crippen LogP contribution in [0.3, 0.4) is 0 Å². The number of phenols is 1. The molecule has 0 spiro atoms. The van der Waals surface area contributed by atoms with Crippen LogP contribution in [0.15, 0.2) is 28.7 Å². The molecule has 28 heavy (non-hydrogen) atoms. The quantitative estimate of drug-likeness (QED) is 0.716. The minimum Gasteiger partial charge on any atom is -0.507 e. The van der Waals surface area contributed by atoms with Crippen molar-refractivity contribution in [2.24, 2.45) is 0 Å². The van der Waals surface area contributed by atoms with E-state index in [0.717, 1.165) is 0 Å². The standard InChI is InChI=1S/C20H24FN5O2/c1-11-22-15-8-17(27)12(7-18(15)28-11)14-5-6-19(25-24-14)26-9-13(21)16(10-26)23-20(2,3)4/h5-8,13,16,23,27H,9-10H2,1-4H3/t13-,16-/m0/s1. The SMILES string of the molecule is Cc1nc2cc(O)c(-c3ccc(N4C[C@H](NC(C)(C)C)[C@@H](F)C4)nn3)cc2o1. The predicted octanol–water partition coefficient (Wildman–Crippen LogP) is 3.21. The zero-order chi connectivity index (χ0) is 20.1. The molecule has 7 nitrogen and oxygen atoms in total. The van der Waals surface area contributed by atoms with Gasteiger partial charge in [-0.05, 0) is 39.0 Å². The number of nitrogens with zero attached hydrogens (tertiary/aromatic N) is 4. The molecule has 1 aliphatic heterocycles. The number of anilines is 1. The van der Waals surface area contributed by atoms with Crippen molar-refractivity contribution in [2.45, 2.75) is 45.4 Å². The maximum absolute atomic E-state index is 14.4. The van der Waals surface area contributed by atoms with Gasteiger partial charge in [0.25, 0.3) is 0 Å². The molecule has 0 unspecified atom stereocenters. The number of benzene rings is 1. The highest BCUT2D eigenvalue weighted by molar-refractivity contribution is 5.83. The Kier molecular flexibility index (Phi) is 4.45. The molecule has 1 aliphatic rings. The van der Waals surface area contributed by atoms with Gasteiger partial charge in [0, 0.05) is 30.6 Å².